The number of thiazole rings is 1. The molecule has 0 fully saturated rings. The van der Waals surface area contributed by atoms with Crippen molar-refractivity contribution in [2.24, 2.45) is 5.73 Å². The van der Waals surface area contributed by atoms with Crippen molar-refractivity contribution >= 4 is 27.9 Å². The average Bonchev–Trinajstić information content (AvgIpc) is 3.25. The number of nitrogens with one attached hydrogen (secondary N) is 1. The van der Waals surface area contributed by atoms with Crippen molar-refractivity contribution in [2.45, 2.75) is 12.5 Å². The minimum absolute atomic E-state index is 0.00884. The van der Waals surface area contributed by atoms with Crippen molar-refractivity contribution in [2.75, 3.05) is 5.32 Å². The number of nitrogens with zero attached hydrogens (tertiary/aromatic N) is 1. The molecule has 6 heteroatoms. The Hall–Kier alpha value is -3.35. The van der Waals surface area contributed by atoms with Crippen LogP contribution in [0.1, 0.15) is 33.2 Å². The molecule has 1 unspecified atom stereocenters. The molecule has 0 radical (unpaired) electrons. The number of carbonyl (C=O) groups is 1. The van der Waals surface area contributed by atoms with E-state index in [2.05, 4.69) is 10.3 Å². The van der Waals surface area contributed by atoms with Gasteiger partial charge in [-0.25, -0.2) is 9.37 Å². The van der Waals surface area contributed by atoms with Gasteiger partial charge in [0.25, 0.3) is 0 Å². The van der Waals surface area contributed by atoms with Gasteiger partial charge in [-0.3, -0.25) is 4.79 Å². The van der Waals surface area contributed by atoms with E-state index in [9.17, 15) is 9.18 Å². The summed E-state index contributed by atoms with van der Waals surface area (Å²) in [5, 5.41) is 5.89. The largest absolute Gasteiger partial charge is 0.332 e. The molecule has 0 aliphatic carbocycles. The lowest BCUT2D eigenvalue weighted by Crippen LogP contribution is -2.13. The van der Waals surface area contributed by atoms with Gasteiger partial charge in [-0.2, -0.15) is 0 Å². The second-order valence-electron chi connectivity index (χ2n) is 6.91. The highest BCUT2D eigenvalue weighted by molar-refractivity contribution is 7.13. The maximum Gasteiger partial charge on any atom is 0.193 e. The molecule has 1 aromatic heterocycles. The first-order valence-corrected chi connectivity index (χ1v) is 10.4. The maximum atomic E-state index is 13.0. The van der Waals surface area contributed by atoms with Crippen LogP contribution >= 0.6 is 11.3 Å². The molecule has 150 valence electrons. The third-order valence-electron chi connectivity index (χ3n) is 4.71. The van der Waals surface area contributed by atoms with Gasteiger partial charge in [0.05, 0.1) is 11.7 Å². The summed E-state index contributed by atoms with van der Waals surface area (Å²) >= 11 is 1.46. The summed E-state index contributed by atoms with van der Waals surface area (Å²) in [5.74, 6) is -0.269. The quantitative estimate of drug-likeness (QED) is 0.390. The van der Waals surface area contributed by atoms with Gasteiger partial charge in [0.2, 0.25) is 0 Å². The van der Waals surface area contributed by atoms with Gasteiger partial charge >= 0.3 is 0 Å². The summed E-state index contributed by atoms with van der Waals surface area (Å²) in [7, 11) is 0. The number of hydrogen-bond donors (Lipinski definition) is 2. The summed E-state index contributed by atoms with van der Waals surface area (Å²) in [6.45, 7) is 0. The monoisotopic (exact) mass is 417 g/mol. The van der Waals surface area contributed by atoms with Crippen molar-refractivity contribution in [1.29, 1.82) is 0 Å². The average molecular weight is 418 g/mol. The number of hydrogen-bond acceptors (Lipinski definition) is 5. The van der Waals surface area contributed by atoms with Gasteiger partial charge < -0.3 is 11.1 Å². The molecule has 0 aliphatic heterocycles. The van der Waals surface area contributed by atoms with Gasteiger partial charge in [-0.05, 0) is 48.4 Å². The molecule has 0 saturated heterocycles. The lowest BCUT2D eigenvalue weighted by molar-refractivity contribution is 0.103. The molecule has 4 rings (SSSR count). The van der Waals surface area contributed by atoms with Crippen molar-refractivity contribution in [3.05, 3.63) is 112 Å². The molecule has 4 aromatic rings. The van der Waals surface area contributed by atoms with E-state index < -0.39 is 0 Å². The number of nitrogens with two attached hydrogens (primary N) is 1. The van der Waals surface area contributed by atoms with Crippen molar-refractivity contribution in [1.82, 2.24) is 4.98 Å². The van der Waals surface area contributed by atoms with Crippen molar-refractivity contribution < 1.29 is 9.18 Å². The molecule has 0 aliphatic rings. The maximum absolute atomic E-state index is 13.0. The van der Waals surface area contributed by atoms with E-state index in [0.29, 0.717) is 17.5 Å². The fourth-order valence-corrected chi connectivity index (χ4v) is 3.87. The summed E-state index contributed by atoms with van der Waals surface area (Å²) in [5.41, 5.74) is 10.1. The van der Waals surface area contributed by atoms with Crippen LogP contribution < -0.4 is 11.1 Å². The fraction of sp³-hybridized carbons (Fsp3) is 0.0833. The molecule has 0 spiro atoms. The summed E-state index contributed by atoms with van der Waals surface area (Å²) in [6, 6.07) is 22.6. The van der Waals surface area contributed by atoms with Crippen LogP contribution in [-0.2, 0) is 6.42 Å². The van der Waals surface area contributed by atoms with Crippen molar-refractivity contribution in [3.63, 3.8) is 0 Å². The van der Waals surface area contributed by atoms with E-state index in [1.165, 1.54) is 23.5 Å². The van der Waals surface area contributed by atoms with Gasteiger partial charge in [0.15, 0.2) is 10.9 Å². The van der Waals surface area contributed by atoms with Gasteiger partial charge in [-0.1, -0.05) is 42.5 Å². The van der Waals surface area contributed by atoms with Crippen LogP contribution in [-0.4, -0.2) is 10.8 Å². The van der Waals surface area contributed by atoms with E-state index >= 15 is 0 Å². The second-order valence-corrected chi connectivity index (χ2v) is 7.77. The van der Waals surface area contributed by atoms with Crippen LogP contribution in [0, 0.1) is 5.82 Å². The molecule has 0 amide bonds. The molecule has 0 saturated carbocycles. The molecule has 3 aromatic carbocycles. The molecular weight excluding hydrogens is 397 g/mol. The van der Waals surface area contributed by atoms with Crippen LogP contribution in [0.4, 0.5) is 15.2 Å². The van der Waals surface area contributed by atoms with E-state index in [0.717, 1.165) is 22.1 Å². The number of aromatic nitrogens is 1. The van der Waals surface area contributed by atoms with Crippen LogP contribution in [0.2, 0.25) is 0 Å². The summed E-state index contributed by atoms with van der Waals surface area (Å²) in [4.78, 5) is 17.1. The zero-order valence-corrected chi connectivity index (χ0v) is 16.9. The van der Waals surface area contributed by atoms with Crippen molar-refractivity contribution in [3.8, 4) is 0 Å². The number of halogens is 1. The summed E-state index contributed by atoms with van der Waals surface area (Å²) < 4.78 is 13.0. The minimum atomic E-state index is -0.270. The van der Waals surface area contributed by atoms with Crippen LogP contribution in [0.15, 0.2) is 84.2 Å². The number of anilines is 2. The van der Waals surface area contributed by atoms with E-state index in [1.807, 2.05) is 35.7 Å². The number of ketones is 1. The Labute approximate surface area is 178 Å². The Morgan fingerprint density at radius 1 is 0.967 bits per heavy atom. The zero-order valence-electron chi connectivity index (χ0n) is 16.1. The van der Waals surface area contributed by atoms with E-state index in [4.69, 9.17) is 5.73 Å². The van der Waals surface area contributed by atoms with E-state index in [1.54, 1.807) is 36.4 Å². The lowest BCUT2D eigenvalue weighted by Gasteiger charge is -2.09. The molecule has 1 atom stereocenters. The third kappa shape index (κ3) is 4.79. The topological polar surface area (TPSA) is 68.0 Å². The Kier molecular flexibility index (Phi) is 5.97. The number of rotatable bonds is 7. The molecule has 0 bridgehead atoms. The standard InChI is InChI=1S/C24H20FN3OS/c25-19-10-6-16(7-11-19)14-21(26)22-15-30-24(28-22)27-20-12-8-18(9-13-20)23(29)17-4-2-1-3-5-17/h1-13,15,21H,14,26H2,(H,27,28). The Bertz CT molecular complexity index is 1130. The first kappa shape index (κ1) is 19.9. The number of carbonyl (C=O) groups excluding carboxylic acids is 1. The zero-order chi connectivity index (χ0) is 20.9. The van der Waals surface area contributed by atoms with Crippen LogP contribution in [0.5, 0.6) is 0 Å². The summed E-state index contributed by atoms with van der Waals surface area (Å²) in [6.07, 6.45) is 0.583. The highest BCUT2D eigenvalue weighted by atomic mass is 32.1. The third-order valence-corrected chi connectivity index (χ3v) is 5.48. The molecule has 4 nitrogen and oxygen atoms in total. The van der Waals surface area contributed by atoms with Gasteiger partial charge in [0.1, 0.15) is 5.82 Å². The van der Waals surface area contributed by atoms with Gasteiger partial charge in [0, 0.05) is 22.2 Å². The normalized spacial score (nSPS) is 11.8. The highest BCUT2D eigenvalue weighted by Crippen LogP contribution is 2.25. The predicted octanol–water partition coefficient (Wildman–Crippen LogP) is 5.50. The Morgan fingerprint density at radius 2 is 1.63 bits per heavy atom. The molecular formula is C24H20FN3OS. The Morgan fingerprint density at radius 3 is 2.33 bits per heavy atom. The second kappa shape index (κ2) is 8.98. The van der Waals surface area contributed by atoms with E-state index in [-0.39, 0.29) is 17.6 Å². The highest BCUT2D eigenvalue weighted by Gasteiger charge is 2.13. The Balaban J connectivity index is 1.39. The SMILES string of the molecule is NC(Cc1ccc(F)cc1)c1csc(Nc2ccc(C(=O)c3ccccc3)cc2)n1. The first-order valence-electron chi connectivity index (χ1n) is 9.51. The van der Waals surface area contributed by atoms with Crippen LogP contribution in [0.3, 0.4) is 0 Å². The van der Waals surface area contributed by atoms with Crippen LogP contribution in [0.25, 0.3) is 0 Å². The fourth-order valence-electron chi connectivity index (χ4n) is 3.08. The molecule has 3 N–H and O–H groups in total. The molecule has 1 heterocycles. The predicted molar refractivity (Wildman–Crippen MR) is 119 cm³/mol. The minimum Gasteiger partial charge on any atom is -0.332 e. The number of benzene rings is 3. The van der Waals surface area contributed by atoms with Gasteiger partial charge in [-0.15, -0.1) is 11.3 Å². The smallest absolute Gasteiger partial charge is 0.193 e. The lowest BCUT2D eigenvalue weighted by atomic mass is 10.0. The molecule has 30 heavy (non-hydrogen) atoms. The first-order chi connectivity index (χ1) is 14.6.